The van der Waals surface area contributed by atoms with Gasteiger partial charge in [0.05, 0.1) is 20.6 Å². The number of methoxy groups -OCH3 is 2. The van der Waals surface area contributed by atoms with Crippen molar-refractivity contribution in [3.63, 3.8) is 0 Å². The minimum atomic E-state index is -0.831. The molecule has 1 N–H and O–H groups in total. The van der Waals surface area contributed by atoms with E-state index in [-0.39, 0.29) is 24.3 Å². The number of amides is 2. The Morgan fingerprint density at radius 3 is 2.37 bits per heavy atom. The molecular weight excluding hydrogens is 460 g/mol. The summed E-state index contributed by atoms with van der Waals surface area (Å²) in [7, 11) is 3.20. The zero-order chi connectivity index (χ0) is 24.6. The lowest BCUT2D eigenvalue weighted by Crippen LogP contribution is -2.47. The maximum Gasteiger partial charge on any atom is 0.248 e. The van der Waals surface area contributed by atoms with Gasteiger partial charge >= 0.3 is 0 Å². The molecule has 2 aromatic carbocycles. The molecule has 1 saturated carbocycles. The Bertz CT molecular complexity index is 1110. The molecule has 0 saturated heterocycles. The van der Waals surface area contributed by atoms with Gasteiger partial charge in [-0.25, -0.2) is 0 Å². The van der Waals surface area contributed by atoms with E-state index in [2.05, 4.69) is 5.32 Å². The summed E-state index contributed by atoms with van der Waals surface area (Å²) in [5, 5.41) is 5.20. The van der Waals surface area contributed by atoms with Crippen LogP contribution in [-0.4, -0.2) is 32.1 Å². The summed E-state index contributed by atoms with van der Waals surface area (Å²) < 4.78 is 10.8. The number of carbonyl (C=O) groups excluding carboxylic acids is 2. The normalized spacial score (nSPS) is 14.7. The average molecular weight is 493 g/mol. The van der Waals surface area contributed by atoms with Crippen molar-refractivity contribution >= 4 is 28.8 Å². The number of nitrogens with one attached hydrogen (secondary N) is 1. The summed E-state index contributed by atoms with van der Waals surface area (Å²) >= 11 is 1.53. The molecule has 1 unspecified atom stereocenters. The van der Waals surface area contributed by atoms with Crippen LogP contribution in [0.4, 0.5) is 5.69 Å². The molecule has 1 aromatic heterocycles. The molecule has 4 rings (SSSR count). The fraction of sp³-hybridized carbons (Fsp3) is 0.357. The van der Waals surface area contributed by atoms with E-state index in [0.29, 0.717) is 17.2 Å². The van der Waals surface area contributed by atoms with Gasteiger partial charge in [0.2, 0.25) is 11.8 Å². The number of anilines is 1. The summed E-state index contributed by atoms with van der Waals surface area (Å²) in [5.74, 6) is 0.986. The van der Waals surface area contributed by atoms with Gasteiger partial charge in [-0.1, -0.05) is 43.5 Å². The fourth-order valence-corrected chi connectivity index (χ4v) is 5.27. The Labute approximate surface area is 210 Å². The number of benzene rings is 2. The quantitative estimate of drug-likeness (QED) is 0.426. The lowest BCUT2D eigenvalue weighted by Gasteiger charge is -2.33. The highest BCUT2D eigenvalue weighted by molar-refractivity contribution is 7.10. The highest BCUT2D eigenvalue weighted by atomic mass is 32.1. The van der Waals surface area contributed by atoms with Crippen LogP contribution < -0.4 is 19.7 Å². The fourth-order valence-electron chi connectivity index (χ4n) is 4.58. The second-order valence-electron chi connectivity index (χ2n) is 8.74. The summed E-state index contributed by atoms with van der Waals surface area (Å²) in [6.07, 6.45) is 5.54. The number of ether oxygens (including phenoxy) is 2. The number of hydrogen-bond donors (Lipinski definition) is 1. The summed E-state index contributed by atoms with van der Waals surface area (Å²) in [4.78, 5) is 30.3. The van der Waals surface area contributed by atoms with Crippen molar-refractivity contribution in [2.45, 2.75) is 50.6 Å². The van der Waals surface area contributed by atoms with Gasteiger partial charge in [0.25, 0.3) is 0 Å². The molecule has 1 atom stereocenters. The van der Waals surface area contributed by atoms with Crippen molar-refractivity contribution in [3.8, 4) is 11.5 Å². The van der Waals surface area contributed by atoms with Crippen LogP contribution in [0, 0.1) is 0 Å². The zero-order valence-corrected chi connectivity index (χ0v) is 21.1. The second-order valence-corrected chi connectivity index (χ2v) is 9.77. The van der Waals surface area contributed by atoms with Crippen LogP contribution in [0.5, 0.6) is 11.5 Å². The molecule has 0 bridgehead atoms. The predicted molar refractivity (Wildman–Crippen MR) is 139 cm³/mol. The first kappa shape index (κ1) is 24.8. The third-order valence-electron chi connectivity index (χ3n) is 6.40. The minimum absolute atomic E-state index is 0.122. The first-order valence-electron chi connectivity index (χ1n) is 12.0. The minimum Gasteiger partial charge on any atom is -0.497 e. The lowest BCUT2D eigenvalue weighted by atomic mass is 9.94. The van der Waals surface area contributed by atoms with E-state index in [1.165, 1.54) is 17.8 Å². The van der Waals surface area contributed by atoms with Crippen molar-refractivity contribution in [2.75, 3.05) is 19.1 Å². The van der Waals surface area contributed by atoms with E-state index < -0.39 is 6.04 Å². The van der Waals surface area contributed by atoms with E-state index >= 15 is 0 Å². The SMILES string of the molecule is COc1ccc(C(C(=O)NC2CCCCC2)N(C(=O)Cc2cccs2)c2cccc(OC)c2)cc1. The molecular formula is C28H32N2O4S. The molecule has 6 nitrogen and oxygen atoms in total. The van der Waals surface area contributed by atoms with Crippen LogP contribution in [0.2, 0.25) is 0 Å². The second kappa shape index (κ2) is 11.9. The molecule has 1 fully saturated rings. The van der Waals surface area contributed by atoms with Gasteiger partial charge in [-0.3, -0.25) is 14.5 Å². The molecule has 1 heterocycles. The van der Waals surface area contributed by atoms with Crippen LogP contribution in [0.15, 0.2) is 66.0 Å². The number of rotatable bonds is 9. The number of nitrogens with zero attached hydrogens (tertiary/aromatic N) is 1. The standard InChI is InChI=1S/C28H32N2O4S/c1-33-23-15-13-20(14-16-23)27(28(32)29-21-8-4-3-5-9-21)30(22-10-6-11-24(18-22)34-2)26(31)19-25-12-7-17-35-25/h6-7,10-18,21,27H,3-5,8-9,19H2,1-2H3,(H,29,32). The molecule has 35 heavy (non-hydrogen) atoms. The van der Waals surface area contributed by atoms with Gasteiger partial charge in [-0.15, -0.1) is 11.3 Å². The van der Waals surface area contributed by atoms with E-state index in [4.69, 9.17) is 9.47 Å². The topological polar surface area (TPSA) is 67.9 Å². The monoisotopic (exact) mass is 492 g/mol. The van der Waals surface area contributed by atoms with Gasteiger partial charge in [0.15, 0.2) is 0 Å². The molecule has 2 amide bonds. The van der Waals surface area contributed by atoms with Crippen molar-refractivity contribution < 1.29 is 19.1 Å². The van der Waals surface area contributed by atoms with Crippen LogP contribution in [0.1, 0.15) is 48.6 Å². The third-order valence-corrected chi connectivity index (χ3v) is 7.27. The Kier molecular flexibility index (Phi) is 8.42. The summed E-state index contributed by atoms with van der Waals surface area (Å²) in [6, 6.07) is 17.8. The highest BCUT2D eigenvalue weighted by Gasteiger charge is 2.34. The molecule has 0 aliphatic heterocycles. The molecule has 3 aromatic rings. The smallest absolute Gasteiger partial charge is 0.248 e. The van der Waals surface area contributed by atoms with E-state index in [1.807, 2.05) is 60.0 Å². The van der Waals surface area contributed by atoms with Crippen molar-refractivity contribution in [1.82, 2.24) is 5.32 Å². The van der Waals surface area contributed by atoms with E-state index in [0.717, 1.165) is 36.1 Å². The van der Waals surface area contributed by atoms with Gasteiger partial charge in [-0.05, 0) is 54.1 Å². The Balaban J connectivity index is 1.76. The number of hydrogen-bond acceptors (Lipinski definition) is 5. The van der Waals surface area contributed by atoms with Gasteiger partial charge < -0.3 is 14.8 Å². The summed E-state index contributed by atoms with van der Waals surface area (Å²) in [5.41, 5.74) is 1.34. The first-order valence-corrected chi connectivity index (χ1v) is 12.9. The molecule has 0 spiro atoms. The van der Waals surface area contributed by atoms with E-state index in [1.54, 1.807) is 25.2 Å². The highest BCUT2D eigenvalue weighted by Crippen LogP contribution is 2.33. The van der Waals surface area contributed by atoms with Gasteiger partial charge in [0.1, 0.15) is 17.5 Å². The Morgan fingerprint density at radius 2 is 1.71 bits per heavy atom. The van der Waals surface area contributed by atoms with Crippen molar-refractivity contribution in [3.05, 3.63) is 76.5 Å². The van der Waals surface area contributed by atoms with Crippen LogP contribution in [0.25, 0.3) is 0 Å². The molecule has 1 aliphatic carbocycles. The number of carbonyl (C=O) groups is 2. The molecule has 1 aliphatic rings. The Morgan fingerprint density at radius 1 is 0.971 bits per heavy atom. The van der Waals surface area contributed by atoms with Crippen LogP contribution in [-0.2, 0) is 16.0 Å². The molecule has 184 valence electrons. The molecule has 0 radical (unpaired) electrons. The van der Waals surface area contributed by atoms with E-state index in [9.17, 15) is 9.59 Å². The lowest BCUT2D eigenvalue weighted by molar-refractivity contribution is -0.127. The third kappa shape index (κ3) is 6.22. The maximum atomic E-state index is 13.9. The zero-order valence-electron chi connectivity index (χ0n) is 20.2. The van der Waals surface area contributed by atoms with Gasteiger partial charge in [-0.2, -0.15) is 0 Å². The largest absolute Gasteiger partial charge is 0.497 e. The maximum absolute atomic E-state index is 13.9. The van der Waals surface area contributed by atoms with Gasteiger partial charge in [0, 0.05) is 22.7 Å². The van der Waals surface area contributed by atoms with Crippen molar-refractivity contribution in [1.29, 1.82) is 0 Å². The molecule has 7 heteroatoms. The number of thiophene rings is 1. The Hall–Kier alpha value is -3.32. The van der Waals surface area contributed by atoms with Crippen molar-refractivity contribution in [2.24, 2.45) is 0 Å². The van der Waals surface area contributed by atoms with Crippen LogP contribution >= 0.6 is 11.3 Å². The average Bonchev–Trinajstić information content (AvgIpc) is 3.40. The summed E-state index contributed by atoms with van der Waals surface area (Å²) in [6.45, 7) is 0. The van der Waals surface area contributed by atoms with Crippen LogP contribution in [0.3, 0.4) is 0 Å². The first-order chi connectivity index (χ1) is 17.1. The predicted octanol–water partition coefficient (Wildman–Crippen LogP) is 5.53.